The van der Waals surface area contributed by atoms with Crippen LogP contribution in [0.25, 0.3) is 0 Å². The molecule has 0 atom stereocenters. The molecule has 0 aromatic rings. The Morgan fingerprint density at radius 1 is 0.370 bits per heavy atom. The maximum atomic E-state index is 2.41. The minimum Gasteiger partial charge on any atom is -0.0654 e. The lowest BCUT2D eigenvalue weighted by atomic mass is 9.88. The molecule has 0 N–H and O–H groups in total. The molecule has 0 nitrogen and oxygen atoms in total. The van der Waals surface area contributed by atoms with E-state index in [1.54, 1.807) is 38.5 Å². The fraction of sp³-hybridized carbons (Fsp3) is 1.00. The van der Waals surface area contributed by atoms with Gasteiger partial charge in [0.25, 0.3) is 0 Å². The quantitative estimate of drug-likeness (QED) is 0.180. The largest absolute Gasteiger partial charge is 0.0654 e. The molecule has 0 fully saturated rings. The van der Waals surface area contributed by atoms with Gasteiger partial charge in [-0.05, 0) is 10.1 Å². The fourth-order valence-corrected chi connectivity index (χ4v) is 9.54. The van der Waals surface area contributed by atoms with Crippen LogP contribution in [0.15, 0.2) is 0 Å². The van der Waals surface area contributed by atoms with Gasteiger partial charge in [0.2, 0.25) is 0 Å². The summed E-state index contributed by atoms with van der Waals surface area (Å²) in [6.07, 6.45) is 26.5. The summed E-state index contributed by atoms with van der Waals surface area (Å²) in [7, 11) is -0.0963. The fourth-order valence-electron chi connectivity index (χ4n) is 5.39. The zero-order chi connectivity index (χ0) is 20.4. The lowest BCUT2D eigenvalue weighted by Crippen LogP contribution is -2.33. The molecule has 164 valence electrons. The Labute approximate surface area is 176 Å². The molecule has 1 heteroatoms. The van der Waals surface area contributed by atoms with Gasteiger partial charge in [0, 0.05) is 9.52 Å². The van der Waals surface area contributed by atoms with E-state index in [1.807, 2.05) is 0 Å². The van der Waals surface area contributed by atoms with Crippen LogP contribution in [0.5, 0.6) is 0 Å². The molecular formula is C26H56Si. The van der Waals surface area contributed by atoms with E-state index in [1.165, 1.54) is 77.0 Å². The van der Waals surface area contributed by atoms with Crippen molar-refractivity contribution in [1.82, 2.24) is 0 Å². The van der Waals surface area contributed by atoms with Crippen LogP contribution in [-0.4, -0.2) is 9.52 Å². The second-order valence-electron chi connectivity index (χ2n) is 9.80. The first-order chi connectivity index (χ1) is 13.1. The normalized spacial score (nSPS) is 12.7. The standard InChI is InChI=1S/C26H56Si/c1-7-13-19-25(20-14-8-2,21-15-9-3)27-26(22-16-10-4,23-17-11-5)24-18-12-6/h7-24,27H2,1-6H3. The van der Waals surface area contributed by atoms with Crippen molar-refractivity contribution in [2.45, 2.75) is 167 Å². The summed E-state index contributed by atoms with van der Waals surface area (Å²) in [6, 6.07) is 0. The van der Waals surface area contributed by atoms with E-state index >= 15 is 0 Å². The number of hydrogen-bond acceptors (Lipinski definition) is 0. The van der Waals surface area contributed by atoms with E-state index in [2.05, 4.69) is 41.5 Å². The van der Waals surface area contributed by atoms with Crippen molar-refractivity contribution in [2.24, 2.45) is 0 Å². The molecule has 0 aromatic heterocycles. The van der Waals surface area contributed by atoms with Gasteiger partial charge in [-0.25, -0.2) is 0 Å². The maximum Gasteiger partial charge on any atom is 0.0341 e. The highest BCUT2D eigenvalue weighted by Crippen LogP contribution is 2.54. The number of unbranched alkanes of at least 4 members (excludes halogenated alkanes) is 6. The molecule has 0 aliphatic rings. The molecule has 0 saturated carbocycles. The van der Waals surface area contributed by atoms with Crippen molar-refractivity contribution in [3.8, 4) is 0 Å². The highest BCUT2D eigenvalue weighted by atomic mass is 28.2. The first kappa shape index (κ1) is 27.2. The second kappa shape index (κ2) is 17.1. The molecule has 0 radical (unpaired) electrons. The Hall–Kier alpha value is 0.217. The van der Waals surface area contributed by atoms with Gasteiger partial charge < -0.3 is 0 Å². The third-order valence-electron chi connectivity index (χ3n) is 7.11. The van der Waals surface area contributed by atoms with Gasteiger partial charge in [0.15, 0.2) is 0 Å². The minimum atomic E-state index is -0.0963. The SMILES string of the molecule is CCCCC(CCCC)(CCCC)[SiH2]C(CCCC)(CCCC)CCCC. The van der Waals surface area contributed by atoms with Gasteiger partial charge in [0.05, 0.1) is 0 Å². The molecular weight excluding hydrogens is 340 g/mol. The maximum absolute atomic E-state index is 2.41. The molecule has 0 amide bonds. The monoisotopic (exact) mass is 396 g/mol. The molecule has 0 unspecified atom stereocenters. The highest BCUT2D eigenvalue weighted by molar-refractivity contribution is 6.44. The van der Waals surface area contributed by atoms with Crippen molar-refractivity contribution in [3.05, 3.63) is 0 Å². The van der Waals surface area contributed by atoms with Crippen LogP contribution in [0.2, 0.25) is 10.1 Å². The topological polar surface area (TPSA) is 0 Å². The average Bonchev–Trinajstić information content (AvgIpc) is 2.70. The van der Waals surface area contributed by atoms with Gasteiger partial charge >= 0.3 is 0 Å². The zero-order valence-corrected chi connectivity index (χ0v) is 21.8. The van der Waals surface area contributed by atoms with Crippen molar-refractivity contribution < 1.29 is 0 Å². The smallest absolute Gasteiger partial charge is 0.0341 e. The van der Waals surface area contributed by atoms with Crippen LogP contribution >= 0.6 is 0 Å². The molecule has 0 rings (SSSR count). The van der Waals surface area contributed by atoms with Crippen molar-refractivity contribution in [3.63, 3.8) is 0 Å². The van der Waals surface area contributed by atoms with Crippen LogP contribution in [0.4, 0.5) is 0 Å². The first-order valence-electron chi connectivity index (χ1n) is 13.1. The van der Waals surface area contributed by atoms with E-state index in [0.29, 0.717) is 0 Å². The molecule has 0 spiro atoms. The van der Waals surface area contributed by atoms with Crippen molar-refractivity contribution in [1.29, 1.82) is 0 Å². The predicted molar refractivity (Wildman–Crippen MR) is 131 cm³/mol. The van der Waals surface area contributed by atoms with E-state index in [4.69, 9.17) is 0 Å². The second-order valence-corrected chi connectivity index (χ2v) is 13.2. The third-order valence-corrected chi connectivity index (χ3v) is 10.7. The summed E-state index contributed by atoms with van der Waals surface area (Å²) in [6.45, 7) is 14.4. The lowest BCUT2D eigenvalue weighted by Gasteiger charge is -2.45. The van der Waals surface area contributed by atoms with E-state index in [0.717, 1.165) is 10.1 Å². The average molecular weight is 397 g/mol. The Balaban J connectivity index is 5.66. The summed E-state index contributed by atoms with van der Waals surface area (Å²) < 4.78 is 0. The van der Waals surface area contributed by atoms with Crippen LogP contribution in [0, 0.1) is 0 Å². The van der Waals surface area contributed by atoms with Gasteiger partial charge in [-0.1, -0.05) is 157 Å². The van der Waals surface area contributed by atoms with Gasteiger partial charge in [-0.15, -0.1) is 0 Å². The summed E-state index contributed by atoms with van der Waals surface area (Å²) in [4.78, 5) is 0. The van der Waals surface area contributed by atoms with Crippen LogP contribution in [-0.2, 0) is 0 Å². The third kappa shape index (κ3) is 11.7. The van der Waals surface area contributed by atoms with Gasteiger partial charge in [-0.2, -0.15) is 0 Å². The zero-order valence-electron chi connectivity index (χ0n) is 20.4. The van der Waals surface area contributed by atoms with E-state index in [-0.39, 0.29) is 9.52 Å². The Morgan fingerprint density at radius 3 is 0.704 bits per heavy atom. The summed E-state index contributed by atoms with van der Waals surface area (Å²) >= 11 is 0. The summed E-state index contributed by atoms with van der Waals surface area (Å²) in [5.41, 5.74) is 0. The van der Waals surface area contributed by atoms with Gasteiger partial charge in [0.1, 0.15) is 0 Å². The predicted octanol–water partition coefficient (Wildman–Crippen LogP) is 9.61. The van der Waals surface area contributed by atoms with Gasteiger partial charge in [-0.3, -0.25) is 0 Å². The molecule has 0 bridgehead atoms. The Kier molecular flexibility index (Phi) is 17.2. The summed E-state index contributed by atoms with van der Waals surface area (Å²) in [5.74, 6) is 0. The molecule has 0 heterocycles. The molecule has 0 saturated heterocycles. The summed E-state index contributed by atoms with van der Waals surface area (Å²) in [5, 5.41) is 1.55. The van der Waals surface area contributed by atoms with Crippen LogP contribution in [0.3, 0.4) is 0 Å². The number of rotatable bonds is 20. The highest BCUT2D eigenvalue weighted by Gasteiger charge is 2.39. The van der Waals surface area contributed by atoms with Crippen molar-refractivity contribution in [2.75, 3.05) is 0 Å². The minimum absolute atomic E-state index is 0.0963. The number of hydrogen-bond donors (Lipinski definition) is 0. The molecule has 0 aromatic carbocycles. The molecule has 27 heavy (non-hydrogen) atoms. The lowest BCUT2D eigenvalue weighted by molar-refractivity contribution is 0.348. The van der Waals surface area contributed by atoms with Crippen molar-refractivity contribution >= 4 is 9.52 Å². The molecule has 0 aliphatic heterocycles. The first-order valence-corrected chi connectivity index (χ1v) is 14.5. The molecule has 0 aliphatic carbocycles. The van der Waals surface area contributed by atoms with Crippen LogP contribution in [0.1, 0.15) is 157 Å². The van der Waals surface area contributed by atoms with E-state index < -0.39 is 0 Å². The Morgan fingerprint density at radius 2 is 0.556 bits per heavy atom. The van der Waals surface area contributed by atoms with Crippen LogP contribution < -0.4 is 0 Å². The van der Waals surface area contributed by atoms with E-state index in [9.17, 15) is 0 Å². The Bertz CT molecular complexity index is 236.